The van der Waals surface area contributed by atoms with Gasteiger partial charge in [0.2, 0.25) is 0 Å². The maximum atomic E-state index is 11.8. The second-order valence-electron chi connectivity index (χ2n) is 3.07. The first-order chi connectivity index (χ1) is 8.04. The lowest BCUT2D eigenvalue weighted by atomic mass is 10.5. The molecular formula is C9H7N3O4S. The van der Waals surface area contributed by atoms with E-state index in [4.69, 9.17) is 5.73 Å². The zero-order valence-electron chi connectivity index (χ0n) is 8.67. The molecule has 0 radical (unpaired) electrons. The van der Waals surface area contributed by atoms with Crippen LogP contribution in [-0.4, -0.2) is 28.4 Å². The van der Waals surface area contributed by atoms with E-state index in [1.54, 1.807) is 0 Å². The van der Waals surface area contributed by atoms with Gasteiger partial charge < -0.3 is 10.5 Å². The fourth-order valence-corrected chi connectivity index (χ4v) is 2.30. The third-order valence-electron chi connectivity index (χ3n) is 2.04. The number of primary amides is 1. The fraction of sp³-hybridized carbons (Fsp3) is 0.111. The van der Waals surface area contributed by atoms with Crippen molar-refractivity contribution >= 4 is 34.1 Å². The minimum atomic E-state index is -0.724. The number of nitrogens with two attached hydrogens (primary N) is 1. The van der Waals surface area contributed by atoms with Crippen LogP contribution in [0.3, 0.4) is 0 Å². The van der Waals surface area contributed by atoms with Crippen LogP contribution in [0.5, 0.6) is 0 Å². The Morgan fingerprint density at radius 1 is 1.59 bits per heavy atom. The smallest absolute Gasteiger partial charge is 0.332 e. The van der Waals surface area contributed by atoms with Crippen molar-refractivity contribution in [1.82, 2.24) is 9.38 Å². The number of rotatable bonds is 2. The average Bonchev–Trinajstić information content (AvgIpc) is 2.81. The predicted octanol–water partition coefficient (Wildman–Crippen LogP) is -1.47. The summed E-state index contributed by atoms with van der Waals surface area (Å²) in [6.07, 6.45) is 2.26. The monoisotopic (exact) mass is 253 g/mol. The molecule has 88 valence electrons. The normalized spacial score (nSPS) is 11.9. The van der Waals surface area contributed by atoms with E-state index in [1.807, 2.05) is 0 Å². The Bertz CT molecular complexity index is 714. The molecule has 0 aliphatic heterocycles. The van der Waals surface area contributed by atoms with Gasteiger partial charge in [-0.2, -0.15) is 0 Å². The summed E-state index contributed by atoms with van der Waals surface area (Å²) < 4.78 is 5.75. The number of carbonyl (C=O) groups is 2. The van der Waals surface area contributed by atoms with Gasteiger partial charge in [0.05, 0.1) is 7.11 Å². The lowest BCUT2D eigenvalue weighted by Gasteiger charge is -1.85. The van der Waals surface area contributed by atoms with Gasteiger partial charge in [-0.05, 0) is 0 Å². The highest BCUT2D eigenvalue weighted by Gasteiger charge is 2.14. The Balaban J connectivity index is 2.74. The first kappa shape index (κ1) is 11.3. The van der Waals surface area contributed by atoms with E-state index >= 15 is 0 Å². The molecule has 0 aromatic carbocycles. The summed E-state index contributed by atoms with van der Waals surface area (Å²) in [4.78, 5) is 37.8. The highest BCUT2D eigenvalue weighted by Crippen LogP contribution is 2.09. The van der Waals surface area contributed by atoms with Gasteiger partial charge in [0.15, 0.2) is 5.69 Å². The standard InChI is InChI=1S/C9H7N3O4S/c1-16-5(13)2-4-8(15)12-3-11-6(7(10)14)9(12)17-4/h2-3H,1H3,(H2,10,14). The molecule has 0 spiro atoms. The summed E-state index contributed by atoms with van der Waals surface area (Å²) in [6.45, 7) is 0. The first-order valence-corrected chi connectivity index (χ1v) is 5.25. The molecular weight excluding hydrogens is 246 g/mol. The molecule has 0 unspecified atom stereocenters. The van der Waals surface area contributed by atoms with Gasteiger partial charge in [-0.3, -0.25) is 14.0 Å². The van der Waals surface area contributed by atoms with Crippen LogP contribution in [-0.2, 0) is 9.53 Å². The van der Waals surface area contributed by atoms with Crippen molar-refractivity contribution in [3.63, 3.8) is 0 Å². The maximum absolute atomic E-state index is 11.8. The van der Waals surface area contributed by atoms with Crippen molar-refractivity contribution in [2.75, 3.05) is 7.11 Å². The molecule has 2 heterocycles. The number of hydrogen-bond donors (Lipinski definition) is 1. The summed E-state index contributed by atoms with van der Waals surface area (Å²) in [6, 6.07) is 0. The number of ether oxygens (including phenoxy) is 1. The molecule has 17 heavy (non-hydrogen) atoms. The van der Waals surface area contributed by atoms with Crippen LogP contribution in [0.15, 0.2) is 11.1 Å². The third-order valence-corrected chi connectivity index (χ3v) is 3.14. The first-order valence-electron chi connectivity index (χ1n) is 4.44. The van der Waals surface area contributed by atoms with Crippen molar-refractivity contribution in [2.24, 2.45) is 5.73 Å². The molecule has 0 fully saturated rings. The number of imidazole rings is 1. The maximum Gasteiger partial charge on any atom is 0.332 e. The second-order valence-corrected chi connectivity index (χ2v) is 4.10. The number of hydrogen-bond acceptors (Lipinski definition) is 6. The molecule has 1 amide bonds. The molecule has 2 rings (SSSR count). The molecule has 2 aromatic heterocycles. The third kappa shape index (κ3) is 1.78. The zero-order valence-corrected chi connectivity index (χ0v) is 9.48. The lowest BCUT2D eigenvalue weighted by molar-refractivity contribution is -0.133. The van der Waals surface area contributed by atoms with Crippen LogP contribution in [0.2, 0.25) is 0 Å². The Morgan fingerprint density at radius 2 is 2.29 bits per heavy atom. The van der Waals surface area contributed by atoms with E-state index in [0.29, 0.717) is 4.83 Å². The molecule has 0 saturated carbocycles. The van der Waals surface area contributed by atoms with Crippen molar-refractivity contribution in [1.29, 1.82) is 0 Å². The molecule has 0 aliphatic rings. The summed E-state index contributed by atoms with van der Waals surface area (Å²) in [5.74, 6) is -1.36. The number of esters is 1. The summed E-state index contributed by atoms with van der Waals surface area (Å²) >= 11 is 0.960. The second kappa shape index (κ2) is 3.98. The van der Waals surface area contributed by atoms with Crippen molar-refractivity contribution in [2.45, 2.75) is 0 Å². The van der Waals surface area contributed by atoms with E-state index < -0.39 is 17.4 Å². The molecule has 2 aromatic rings. The summed E-state index contributed by atoms with van der Waals surface area (Å²) in [5.41, 5.74) is 4.68. The van der Waals surface area contributed by atoms with Crippen LogP contribution in [0.4, 0.5) is 0 Å². The Hall–Kier alpha value is -2.22. The Labute approximate surface area is 98.1 Å². The predicted molar refractivity (Wildman–Crippen MR) is 59.6 cm³/mol. The molecule has 8 heteroatoms. The van der Waals surface area contributed by atoms with E-state index in [0.717, 1.165) is 17.4 Å². The number of fused-ring (bicyclic) bond motifs is 1. The highest BCUT2D eigenvalue weighted by molar-refractivity contribution is 7.15. The molecule has 0 bridgehead atoms. The van der Waals surface area contributed by atoms with Gasteiger partial charge in [0.1, 0.15) is 15.7 Å². The number of aromatic nitrogens is 2. The van der Waals surface area contributed by atoms with E-state index in [-0.39, 0.29) is 10.2 Å². The topological polar surface area (TPSA) is 104 Å². The Kier molecular flexibility index (Phi) is 2.64. The minimum absolute atomic E-state index is 0.0108. The quantitative estimate of drug-likeness (QED) is 0.658. The van der Waals surface area contributed by atoms with Gasteiger partial charge in [0.25, 0.3) is 11.5 Å². The SMILES string of the molecule is COC(=O)C=c1sc2c(C(N)=O)ncn2c1=O. The van der Waals surface area contributed by atoms with Gasteiger partial charge in [-0.25, -0.2) is 9.78 Å². The van der Waals surface area contributed by atoms with E-state index in [9.17, 15) is 14.4 Å². The number of carbonyl (C=O) groups excluding carboxylic acids is 2. The fourth-order valence-electron chi connectivity index (χ4n) is 1.27. The van der Waals surface area contributed by atoms with Crippen molar-refractivity contribution < 1.29 is 14.3 Å². The van der Waals surface area contributed by atoms with Crippen molar-refractivity contribution in [3.8, 4) is 0 Å². The zero-order chi connectivity index (χ0) is 12.6. The van der Waals surface area contributed by atoms with Gasteiger partial charge in [0, 0.05) is 6.08 Å². The van der Waals surface area contributed by atoms with Crippen molar-refractivity contribution in [3.05, 3.63) is 26.9 Å². The van der Waals surface area contributed by atoms with Gasteiger partial charge >= 0.3 is 5.97 Å². The number of nitrogens with zero attached hydrogens (tertiary/aromatic N) is 2. The molecule has 0 aliphatic carbocycles. The largest absolute Gasteiger partial charge is 0.466 e. The molecule has 0 atom stereocenters. The van der Waals surface area contributed by atoms with E-state index in [2.05, 4.69) is 9.72 Å². The van der Waals surface area contributed by atoms with Crippen LogP contribution < -0.4 is 15.8 Å². The molecule has 7 nitrogen and oxygen atoms in total. The van der Waals surface area contributed by atoms with Gasteiger partial charge in [-0.1, -0.05) is 0 Å². The van der Waals surface area contributed by atoms with Crippen LogP contribution in [0, 0.1) is 0 Å². The lowest BCUT2D eigenvalue weighted by Crippen LogP contribution is -2.23. The number of thiazole rings is 1. The summed E-state index contributed by atoms with van der Waals surface area (Å²) in [7, 11) is 1.21. The number of methoxy groups -OCH3 is 1. The van der Waals surface area contributed by atoms with E-state index in [1.165, 1.54) is 17.8 Å². The molecule has 2 N–H and O–H groups in total. The van der Waals surface area contributed by atoms with Gasteiger partial charge in [-0.15, -0.1) is 11.3 Å². The van der Waals surface area contributed by atoms with Crippen LogP contribution in [0.1, 0.15) is 10.5 Å². The van der Waals surface area contributed by atoms with Crippen LogP contribution >= 0.6 is 11.3 Å². The minimum Gasteiger partial charge on any atom is -0.466 e. The van der Waals surface area contributed by atoms with Crippen LogP contribution in [0.25, 0.3) is 10.9 Å². The molecule has 0 saturated heterocycles. The summed E-state index contributed by atoms with van der Waals surface area (Å²) in [5, 5.41) is 0. The average molecular weight is 253 g/mol. The number of amides is 1. The highest BCUT2D eigenvalue weighted by atomic mass is 32.1. The Morgan fingerprint density at radius 3 is 2.88 bits per heavy atom.